The lowest BCUT2D eigenvalue weighted by Gasteiger charge is -2.07. The van der Waals surface area contributed by atoms with Gasteiger partial charge in [0.05, 0.1) is 11.8 Å². The van der Waals surface area contributed by atoms with Crippen molar-refractivity contribution in [1.82, 2.24) is 5.43 Å². The van der Waals surface area contributed by atoms with Crippen LogP contribution in [0, 0.1) is 0 Å². The van der Waals surface area contributed by atoms with E-state index in [4.69, 9.17) is 16.3 Å². The van der Waals surface area contributed by atoms with E-state index in [-0.39, 0.29) is 5.91 Å². The molecule has 0 saturated heterocycles. The summed E-state index contributed by atoms with van der Waals surface area (Å²) in [6.45, 7) is 0. The molecule has 27 heavy (non-hydrogen) atoms. The van der Waals surface area contributed by atoms with E-state index >= 15 is 0 Å². The molecule has 134 valence electrons. The van der Waals surface area contributed by atoms with E-state index in [1.807, 2.05) is 6.07 Å². The van der Waals surface area contributed by atoms with Crippen LogP contribution < -0.4 is 10.2 Å². The van der Waals surface area contributed by atoms with Gasteiger partial charge >= 0.3 is 5.97 Å². The summed E-state index contributed by atoms with van der Waals surface area (Å²) in [4.78, 5) is 24.3. The summed E-state index contributed by atoms with van der Waals surface area (Å²) in [7, 11) is 0. The first kappa shape index (κ1) is 18.4. The summed E-state index contributed by atoms with van der Waals surface area (Å²) in [5.41, 5.74) is 3.87. The van der Waals surface area contributed by atoms with E-state index in [0.717, 1.165) is 0 Å². The van der Waals surface area contributed by atoms with Crippen molar-refractivity contribution in [2.75, 3.05) is 0 Å². The Morgan fingerprint density at radius 2 is 1.52 bits per heavy atom. The summed E-state index contributed by atoms with van der Waals surface area (Å²) in [6, 6.07) is 22.0. The van der Waals surface area contributed by atoms with Crippen LogP contribution in [0.3, 0.4) is 0 Å². The number of ether oxygens (including phenoxy) is 1. The molecule has 0 atom stereocenters. The average Bonchev–Trinajstić information content (AvgIpc) is 2.70. The number of carbonyl (C=O) groups is 2. The Labute approximate surface area is 161 Å². The predicted octanol–water partition coefficient (Wildman–Crippen LogP) is 4.32. The van der Waals surface area contributed by atoms with Gasteiger partial charge in [-0.05, 0) is 48.5 Å². The van der Waals surface area contributed by atoms with Gasteiger partial charge in [-0.15, -0.1) is 0 Å². The largest absolute Gasteiger partial charge is 0.422 e. The molecule has 6 heteroatoms. The van der Waals surface area contributed by atoms with Crippen LogP contribution in [0.2, 0.25) is 5.02 Å². The lowest BCUT2D eigenvalue weighted by molar-refractivity contribution is 0.0734. The second-order valence-electron chi connectivity index (χ2n) is 5.50. The maximum Gasteiger partial charge on any atom is 0.343 e. The summed E-state index contributed by atoms with van der Waals surface area (Å²) in [5.74, 6) is -0.515. The second-order valence-corrected chi connectivity index (χ2v) is 5.94. The Balaban J connectivity index is 1.69. The highest BCUT2D eigenvalue weighted by Crippen LogP contribution is 2.18. The third-order valence-electron chi connectivity index (χ3n) is 3.61. The number of benzene rings is 3. The number of carbonyl (C=O) groups excluding carboxylic acids is 2. The molecule has 0 heterocycles. The number of rotatable bonds is 5. The first-order valence-corrected chi connectivity index (χ1v) is 8.46. The summed E-state index contributed by atoms with van der Waals surface area (Å²) < 4.78 is 5.43. The molecule has 5 nitrogen and oxygen atoms in total. The minimum absolute atomic E-state index is 0.329. The fraction of sp³-hybridized carbons (Fsp3) is 0. The third kappa shape index (κ3) is 5.03. The number of para-hydroxylation sites is 1. The first-order valence-electron chi connectivity index (χ1n) is 8.09. The molecule has 0 aromatic heterocycles. The summed E-state index contributed by atoms with van der Waals surface area (Å²) in [5, 5.41) is 4.47. The van der Waals surface area contributed by atoms with Gasteiger partial charge in [-0.3, -0.25) is 4.79 Å². The molecule has 0 aliphatic heterocycles. The molecule has 3 aromatic rings. The topological polar surface area (TPSA) is 67.8 Å². The molecular weight excluding hydrogens is 364 g/mol. The number of hydrazone groups is 1. The van der Waals surface area contributed by atoms with E-state index in [1.54, 1.807) is 72.8 Å². The summed E-state index contributed by atoms with van der Waals surface area (Å²) in [6.07, 6.45) is 1.42. The van der Waals surface area contributed by atoms with Crippen LogP contribution in [-0.4, -0.2) is 18.1 Å². The van der Waals surface area contributed by atoms with Gasteiger partial charge in [0.15, 0.2) is 0 Å². The average molecular weight is 379 g/mol. The van der Waals surface area contributed by atoms with Crippen LogP contribution in [-0.2, 0) is 0 Å². The zero-order chi connectivity index (χ0) is 19.1. The van der Waals surface area contributed by atoms with Crippen molar-refractivity contribution < 1.29 is 14.3 Å². The van der Waals surface area contributed by atoms with Crippen molar-refractivity contribution in [3.63, 3.8) is 0 Å². The van der Waals surface area contributed by atoms with Crippen molar-refractivity contribution in [2.45, 2.75) is 0 Å². The van der Waals surface area contributed by atoms with Gasteiger partial charge in [-0.2, -0.15) is 5.10 Å². The van der Waals surface area contributed by atoms with Crippen LogP contribution in [0.25, 0.3) is 0 Å². The SMILES string of the molecule is O=C(NN=Cc1ccccc1OC(=O)c1ccc(Cl)cc1)c1ccccc1. The molecule has 0 aliphatic rings. The lowest BCUT2D eigenvalue weighted by atomic mass is 10.2. The fourth-order valence-corrected chi connectivity index (χ4v) is 2.37. The van der Waals surface area contributed by atoms with Crippen molar-refractivity contribution in [3.8, 4) is 5.75 Å². The molecule has 0 aliphatic carbocycles. The minimum Gasteiger partial charge on any atom is -0.422 e. The molecule has 3 aromatic carbocycles. The number of hydrogen-bond acceptors (Lipinski definition) is 4. The zero-order valence-electron chi connectivity index (χ0n) is 14.1. The number of nitrogens with one attached hydrogen (secondary N) is 1. The maximum absolute atomic E-state index is 12.3. The lowest BCUT2D eigenvalue weighted by Crippen LogP contribution is -2.17. The molecule has 1 amide bonds. The van der Waals surface area contributed by atoms with E-state index in [2.05, 4.69) is 10.5 Å². The Morgan fingerprint density at radius 1 is 0.852 bits per heavy atom. The van der Waals surface area contributed by atoms with Gasteiger partial charge in [0, 0.05) is 16.1 Å². The monoisotopic (exact) mass is 378 g/mol. The van der Waals surface area contributed by atoms with Crippen LogP contribution in [0.1, 0.15) is 26.3 Å². The van der Waals surface area contributed by atoms with Crippen molar-refractivity contribution in [3.05, 3.63) is 101 Å². The normalized spacial score (nSPS) is 10.6. The number of halogens is 1. The number of nitrogens with zero attached hydrogens (tertiary/aromatic N) is 1. The second kappa shape index (κ2) is 8.78. The van der Waals surface area contributed by atoms with Crippen LogP contribution in [0.5, 0.6) is 5.75 Å². The molecular formula is C21H15ClN2O3. The third-order valence-corrected chi connectivity index (χ3v) is 3.86. The maximum atomic E-state index is 12.3. The Morgan fingerprint density at radius 3 is 2.26 bits per heavy atom. The standard InChI is InChI=1S/C21H15ClN2O3/c22-18-12-10-16(11-13-18)21(26)27-19-9-5-4-8-17(19)14-23-24-20(25)15-6-2-1-3-7-15/h1-14H,(H,24,25). The molecule has 0 radical (unpaired) electrons. The van der Waals surface area contributed by atoms with Crippen LogP contribution in [0.4, 0.5) is 0 Å². The smallest absolute Gasteiger partial charge is 0.343 e. The van der Waals surface area contributed by atoms with Gasteiger partial charge in [0.1, 0.15) is 5.75 Å². The number of esters is 1. The molecule has 0 saturated carbocycles. The highest BCUT2D eigenvalue weighted by molar-refractivity contribution is 6.30. The molecule has 0 fully saturated rings. The number of amides is 1. The van der Waals surface area contributed by atoms with Gasteiger partial charge in [0.2, 0.25) is 0 Å². The van der Waals surface area contributed by atoms with E-state index in [0.29, 0.717) is 27.5 Å². The van der Waals surface area contributed by atoms with Gasteiger partial charge < -0.3 is 4.74 Å². The minimum atomic E-state index is -0.513. The van der Waals surface area contributed by atoms with Crippen molar-refractivity contribution >= 4 is 29.7 Å². The van der Waals surface area contributed by atoms with E-state index < -0.39 is 5.97 Å². The Kier molecular flexibility index (Phi) is 5.97. The molecule has 0 bridgehead atoms. The van der Waals surface area contributed by atoms with E-state index in [9.17, 15) is 9.59 Å². The van der Waals surface area contributed by atoms with Crippen LogP contribution in [0.15, 0.2) is 84.0 Å². The van der Waals surface area contributed by atoms with Crippen molar-refractivity contribution in [1.29, 1.82) is 0 Å². The zero-order valence-corrected chi connectivity index (χ0v) is 14.9. The van der Waals surface area contributed by atoms with Gasteiger partial charge in [-0.1, -0.05) is 41.9 Å². The molecule has 1 N–H and O–H groups in total. The van der Waals surface area contributed by atoms with Crippen molar-refractivity contribution in [2.24, 2.45) is 5.10 Å². The van der Waals surface area contributed by atoms with Gasteiger partial charge in [0.25, 0.3) is 5.91 Å². The van der Waals surface area contributed by atoms with E-state index in [1.165, 1.54) is 6.21 Å². The Hall–Kier alpha value is -3.44. The molecule has 3 rings (SSSR count). The molecule has 0 unspecified atom stereocenters. The fourth-order valence-electron chi connectivity index (χ4n) is 2.24. The van der Waals surface area contributed by atoms with Crippen LogP contribution >= 0.6 is 11.6 Å². The Bertz CT molecular complexity index is 970. The van der Waals surface area contributed by atoms with Gasteiger partial charge in [-0.25, -0.2) is 10.2 Å². The number of hydrogen-bond donors (Lipinski definition) is 1. The predicted molar refractivity (Wildman–Crippen MR) is 104 cm³/mol. The molecule has 0 spiro atoms. The quantitative estimate of drug-likeness (QED) is 0.311. The summed E-state index contributed by atoms with van der Waals surface area (Å²) >= 11 is 5.82. The highest BCUT2D eigenvalue weighted by Gasteiger charge is 2.11. The highest BCUT2D eigenvalue weighted by atomic mass is 35.5. The first-order chi connectivity index (χ1) is 13.1.